The van der Waals surface area contributed by atoms with Crippen molar-refractivity contribution >= 4 is 17.2 Å². The van der Waals surface area contributed by atoms with E-state index in [2.05, 4.69) is 72.0 Å². The zero-order valence-corrected chi connectivity index (χ0v) is 20.0. The van der Waals surface area contributed by atoms with Crippen molar-refractivity contribution in [1.82, 2.24) is 9.47 Å². The van der Waals surface area contributed by atoms with Gasteiger partial charge in [-0.1, -0.05) is 47.5 Å². The molecule has 0 bridgehead atoms. The molecule has 1 aliphatic heterocycles. The molecule has 1 atom stereocenters. The summed E-state index contributed by atoms with van der Waals surface area (Å²) in [5.74, 6) is 0.0987. The maximum Gasteiger partial charge on any atom is 0.255 e. The van der Waals surface area contributed by atoms with Crippen molar-refractivity contribution in [3.8, 4) is 5.00 Å². The van der Waals surface area contributed by atoms with Crippen LogP contribution < -0.4 is 0 Å². The van der Waals surface area contributed by atoms with Crippen LogP contribution in [0.5, 0.6) is 0 Å². The van der Waals surface area contributed by atoms with E-state index in [0.717, 1.165) is 24.0 Å². The van der Waals surface area contributed by atoms with Crippen molar-refractivity contribution in [2.24, 2.45) is 0 Å². The molecule has 2 aromatic heterocycles. The maximum absolute atomic E-state index is 14.1. The number of hydrogen-bond acceptors (Lipinski definition) is 2. The number of aromatic nitrogens is 1. The van der Waals surface area contributed by atoms with Crippen LogP contribution in [0.4, 0.5) is 0 Å². The summed E-state index contributed by atoms with van der Waals surface area (Å²) in [4.78, 5) is 17.8. The summed E-state index contributed by atoms with van der Waals surface area (Å²) in [6.07, 6.45) is 6.97. The molecular weight excluding hydrogens is 424 g/mol. The predicted octanol–water partition coefficient (Wildman–Crippen LogP) is 6.78. The molecule has 0 N–H and O–H groups in total. The van der Waals surface area contributed by atoms with E-state index in [1.54, 1.807) is 0 Å². The minimum Gasteiger partial charge on any atom is -0.322 e. The quantitative estimate of drug-likeness (QED) is 0.329. The molecule has 4 heteroatoms. The molecule has 4 aromatic rings. The third-order valence-electron chi connectivity index (χ3n) is 7.06. The summed E-state index contributed by atoms with van der Waals surface area (Å²) in [6, 6.07) is 20.8. The van der Waals surface area contributed by atoms with Gasteiger partial charge in [0.05, 0.1) is 18.3 Å². The normalized spacial score (nSPS) is 17.2. The lowest BCUT2D eigenvalue weighted by Gasteiger charge is -2.32. The summed E-state index contributed by atoms with van der Waals surface area (Å²) in [5.41, 5.74) is 8.26. The van der Waals surface area contributed by atoms with Gasteiger partial charge in [-0.05, 0) is 74.9 Å². The number of aryl methyl sites for hydroxylation is 3. The highest BCUT2D eigenvalue weighted by Gasteiger charge is 2.36. The number of carbonyl (C=O) groups excluding carboxylic acids is 1. The van der Waals surface area contributed by atoms with Crippen LogP contribution in [0.15, 0.2) is 66.9 Å². The average molecular weight is 453 g/mol. The van der Waals surface area contributed by atoms with Gasteiger partial charge in [-0.15, -0.1) is 11.3 Å². The zero-order chi connectivity index (χ0) is 22.5. The lowest BCUT2D eigenvalue weighted by atomic mass is 9.94. The Balaban J connectivity index is 1.58. The highest BCUT2D eigenvalue weighted by atomic mass is 32.1. The van der Waals surface area contributed by atoms with Crippen LogP contribution in [0.25, 0.3) is 5.00 Å². The first-order valence-corrected chi connectivity index (χ1v) is 12.7. The van der Waals surface area contributed by atoms with E-state index in [0.29, 0.717) is 6.54 Å². The highest BCUT2D eigenvalue weighted by molar-refractivity contribution is 7.15. The SMILES string of the molecule is Cc1cccc(C(=O)N2Cc3c(sc4c3CCCC4)-n3cccc3[C@H]2c2cccc(C)c2)c1. The lowest BCUT2D eigenvalue weighted by molar-refractivity contribution is 0.0690. The van der Waals surface area contributed by atoms with Crippen LogP contribution in [0.3, 0.4) is 0 Å². The number of hydrogen-bond donors (Lipinski definition) is 0. The molecule has 0 spiro atoms. The Kier molecular flexibility index (Phi) is 4.99. The van der Waals surface area contributed by atoms with Crippen LogP contribution >= 0.6 is 11.3 Å². The topological polar surface area (TPSA) is 25.2 Å². The maximum atomic E-state index is 14.1. The van der Waals surface area contributed by atoms with Gasteiger partial charge in [0.15, 0.2) is 0 Å². The van der Waals surface area contributed by atoms with Gasteiger partial charge >= 0.3 is 0 Å². The average Bonchev–Trinajstić information content (AvgIpc) is 3.40. The summed E-state index contributed by atoms with van der Waals surface area (Å²) >= 11 is 1.94. The smallest absolute Gasteiger partial charge is 0.255 e. The third kappa shape index (κ3) is 3.44. The Morgan fingerprint density at radius 3 is 2.52 bits per heavy atom. The lowest BCUT2D eigenvalue weighted by Crippen LogP contribution is -2.35. The largest absolute Gasteiger partial charge is 0.322 e. The number of thiophene rings is 1. The number of fused-ring (bicyclic) bond motifs is 5. The van der Waals surface area contributed by atoms with Gasteiger partial charge in [0.25, 0.3) is 5.91 Å². The van der Waals surface area contributed by atoms with Crippen LogP contribution in [-0.4, -0.2) is 15.4 Å². The molecule has 0 unspecified atom stereocenters. The first-order valence-electron chi connectivity index (χ1n) is 11.9. The van der Waals surface area contributed by atoms with Crippen molar-refractivity contribution in [2.45, 2.75) is 52.1 Å². The number of rotatable bonds is 2. The summed E-state index contributed by atoms with van der Waals surface area (Å²) in [6.45, 7) is 4.82. The number of carbonyl (C=O) groups is 1. The minimum atomic E-state index is -0.133. The molecule has 0 radical (unpaired) electrons. The van der Waals surface area contributed by atoms with Gasteiger partial charge < -0.3 is 9.47 Å². The zero-order valence-electron chi connectivity index (χ0n) is 19.2. The van der Waals surface area contributed by atoms with E-state index >= 15 is 0 Å². The third-order valence-corrected chi connectivity index (χ3v) is 8.40. The highest BCUT2D eigenvalue weighted by Crippen LogP contribution is 2.44. The molecule has 6 rings (SSSR count). The molecule has 0 saturated carbocycles. The Morgan fingerprint density at radius 2 is 1.70 bits per heavy atom. The van der Waals surface area contributed by atoms with Crippen LogP contribution in [0.2, 0.25) is 0 Å². The van der Waals surface area contributed by atoms with Gasteiger partial charge in [-0.3, -0.25) is 4.79 Å². The van der Waals surface area contributed by atoms with Crippen molar-refractivity contribution in [2.75, 3.05) is 0 Å². The number of nitrogens with zero attached hydrogens (tertiary/aromatic N) is 2. The van der Waals surface area contributed by atoms with E-state index < -0.39 is 0 Å². The summed E-state index contributed by atoms with van der Waals surface area (Å²) in [5, 5.41) is 1.30. The molecule has 1 aliphatic carbocycles. The molecule has 0 fully saturated rings. The van der Waals surface area contributed by atoms with Crippen molar-refractivity contribution in [1.29, 1.82) is 0 Å². The Morgan fingerprint density at radius 1 is 0.909 bits per heavy atom. The second-order valence-electron chi connectivity index (χ2n) is 9.42. The fourth-order valence-electron chi connectivity index (χ4n) is 5.52. The van der Waals surface area contributed by atoms with Crippen LogP contribution in [0, 0.1) is 13.8 Å². The Hall–Kier alpha value is -3.11. The summed E-state index contributed by atoms with van der Waals surface area (Å²) in [7, 11) is 0. The molecule has 1 amide bonds. The van der Waals surface area contributed by atoms with E-state index in [4.69, 9.17) is 0 Å². The van der Waals surface area contributed by atoms with E-state index in [1.807, 2.05) is 29.5 Å². The van der Waals surface area contributed by atoms with Crippen molar-refractivity contribution in [3.63, 3.8) is 0 Å². The Bertz CT molecular complexity index is 1360. The standard InChI is InChI=1S/C29H28N2OS/c1-19-8-5-10-21(16-19)27-25-13-7-15-30(25)29-24(23-12-3-4-14-26(23)33-29)18-31(27)28(32)22-11-6-9-20(2)17-22/h5-11,13,15-17,27H,3-4,12,14,18H2,1-2H3/t27-/m1/s1. The predicted molar refractivity (Wildman–Crippen MR) is 134 cm³/mol. The number of amides is 1. The van der Waals surface area contributed by atoms with Crippen molar-refractivity contribution in [3.05, 3.63) is 111 Å². The second-order valence-corrected chi connectivity index (χ2v) is 10.5. The van der Waals surface area contributed by atoms with Gasteiger partial charge in [0.1, 0.15) is 5.00 Å². The van der Waals surface area contributed by atoms with E-state index in [-0.39, 0.29) is 11.9 Å². The molecule has 3 nitrogen and oxygen atoms in total. The van der Waals surface area contributed by atoms with Crippen LogP contribution in [0.1, 0.15) is 67.6 Å². The molecule has 3 heterocycles. The fourth-order valence-corrected chi connectivity index (χ4v) is 6.93. The molecular formula is C29H28N2OS. The molecule has 166 valence electrons. The Labute approximate surface area is 199 Å². The van der Waals surface area contributed by atoms with Crippen molar-refractivity contribution < 1.29 is 4.79 Å². The minimum absolute atomic E-state index is 0.0987. The summed E-state index contributed by atoms with van der Waals surface area (Å²) < 4.78 is 2.36. The fraction of sp³-hybridized carbons (Fsp3) is 0.276. The van der Waals surface area contributed by atoms with E-state index in [9.17, 15) is 4.79 Å². The first kappa shape index (κ1) is 20.5. The number of benzene rings is 2. The van der Waals surface area contributed by atoms with Crippen LogP contribution in [-0.2, 0) is 19.4 Å². The monoisotopic (exact) mass is 452 g/mol. The van der Waals surface area contributed by atoms with Gasteiger partial charge in [-0.2, -0.15) is 0 Å². The van der Waals surface area contributed by atoms with E-state index in [1.165, 1.54) is 50.7 Å². The molecule has 2 aromatic carbocycles. The second kappa shape index (κ2) is 8.03. The van der Waals surface area contributed by atoms with Gasteiger partial charge in [0.2, 0.25) is 0 Å². The molecule has 0 saturated heterocycles. The molecule has 2 aliphatic rings. The van der Waals surface area contributed by atoms with Gasteiger partial charge in [0, 0.05) is 22.2 Å². The first-order chi connectivity index (χ1) is 16.1. The molecule has 33 heavy (non-hydrogen) atoms. The van der Waals surface area contributed by atoms with Gasteiger partial charge in [-0.25, -0.2) is 0 Å².